The molecule has 0 aromatic carbocycles. The normalized spacial score (nSPS) is 17.0. The monoisotopic (exact) mass is 352 g/mol. The van der Waals surface area contributed by atoms with Crippen LogP contribution in [0.3, 0.4) is 0 Å². The molecule has 3 aromatic rings. The smallest absolute Gasteiger partial charge is 0.276 e. The van der Waals surface area contributed by atoms with Crippen LogP contribution in [-0.4, -0.2) is 41.9 Å². The fourth-order valence-electron chi connectivity index (χ4n) is 3.38. The molecule has 0 bridgehead atoms. The maximum atomic E-state index is 12.8. The Morgan fingerprint density at radius 3 is 3.00 bits per heavy atom. The van der Waals surface area contributed by atoms with E-state index >= 15 is 0 Å². The molecule has 1 aliphatic heterocycles. The molecule has 4 heterocycles. The Bertz CT molecular complexity index is 931. The highest BCUT2D eigenvalue weighted by Gasteiger charge is 2.33. The summed E-state index contributed by atoms with van der Waals surface area (Å²) in [5, 5.41) is 0. The lowest BCUT2D eigenvalue weighted by Crippen LogP contribution is -2.31. The molecule has 4 rings (SSSR count). The van der Waals surface area contributed by atoms with Crippen LogP contribution in [0.4, 0.5) is 0 Å². The van der Waals surface area contributed by atoms with E-state index in [0.29, 0.717) is 23.9 Å². The number of carbonyl (C=O) groups is 1. The Morgan fingerprint density at radius 1 is 1.35 bits per heavy atom. The molecule has 26 heavy (non-hydrogen) atoms. The quantitative estimate of drug-likeness (QED) is 0.716. The first kappa shape index (κ1) is 16.4. The van der Waals surface area contributed by atoms with E-state index in [1.807, 2.05) is 17.7 Å². The Hall–Kier alpha value is -3.03. The van der Waals surface area contributed by atoms with Gasteiger partial charge in [0.2, 0.25) is 0 Å². The molecular weight excluding hydrogens is 332 g/mol. The highest BCUT2D eigenvalue weighted by atomic mass is 16.3. The number of rotatable bonds is 4. The van der Waals surface area contributed by atoms with E-state index in [4.69, 9.17) is 9.40 Å². The molecular formula is C18H20N6O2. The predicted molar refractivity (Wildman–Crippen MR) is 92.8 cm³/mol. The van der Waals surface area contributed by atoms with Gasteiger partial charge in [0.05, 0.1) is 24.1 Å². The standard InChI is InChI=1S/C18H20N6O2/c1-3-16-20-6-8-24(16)17-10-19-9-13(22-17)15-5-4-7-23(15)18(25)14-11-26-12(2)21-14/h6,8-11,15H,3-5,7H2,1-2H3/t15-/m0/s1. The Labute approximate surface area is 150 Å². The van der Waals surface area contributed by atoms with Crippen LogP contribution < -0.4 is 0 Å². The maximum Gasteiger partial charge on any atom is 0.276 e. The molecule has 1 saturated heterocycles. The number of aryl methyl sites for hydroxylation is 2. The highest BCUT2D eigenvalue weighted by Crippen LogP contribution is 2.32. The van der Waals surface area contributed by atoms with Crippen molar-refractivity contribution < 1.29 is 9.21 Å². The van der Waals surface area contributed by atoms with E-state index in [9.17, 15) is 4.79 Å². The molecule has 0 unspecified atom stereocenters. The summed E-state index contributed by atoms with van der Waals surface area (Å²) in [7, 11) is 0. The van der Waals surface area contributed by atoms with Crippen molar-refractivity contribution in [2.24, 2.45) is 0 Å². The fraction of sp³-hybridized carbons (Fsp3) is 0.389. The van der Waals surface area contributed by atoms with Crippen molar-refractivity contribution in [1.82, 2.24) is 29.4 Å². The number of oxazole rings is 1. The minimum absolute atomic E-state index is 0.111. The number of aromatic nitrogens is 5. The van der Waals surface area contributed by atoms with Crippen molar-refractivity contribution in [2.75, 3.05) is 6.54 Å². The lowest BCUT2D eigenvalue weighted by molar-refractivity contribution is 0.0726. The summed E-state index contributed by atoms with van der Waals surface area (Å²) in [4.78, 5) is 32.2. The first-order valence-electron chi connectivity index (χ1n) is 8.75. The van der Waals surface area contributed by atoms with Crippen molar-refractivity contribution in [3.63, 3.8) is 0 Å². The van der Waals surface area contributed by atoms with Crippen LogP contribution in [-0.2, 0) is 6.42 Å². The zero-order chi connectivity index (χ0) is 18.1. The third-order valence-corrected chi connectivity index (χ3v) is 4.61. The van der Waals surface area contributed by atoms with Crippen LogP contribution in [0.15, 0.2) is 35.5 Å². The van der Waals surface area contributed by atoms with Gasteiger partial charge in [-0.25, -0.2) is 15.0 Å². The number of likely N-dealkylation sites (tertiary alicyclic amines) is 1. The summed E-state index contributed by atoms with van der Waals surface area (Å²) in [6.07, 6.45) is 11.1. The van der Waals surface area contributed by atoms with E-state index < -0.39 is 0 Å². The van der Waals surface area contributed by atoms with Crippen LogP contribution in [0.5, 0.6) is 0 Å². The second-order valence-electron chi connectivity index (χ2n) is 6.28. The molecule has 0 aliphatic carbocycles. The fourth-order valence-corrected chi connectivity index (χ4v) is 3.38. The van der Waals surface area contributed by atoms with Crippen molar-refractivity contribution in [3.8, 4) is 5.82 Å². The third-order valence-electron chi connectivity index (χ3n) is 4.61. The molecule has 8 heteroatoms. The van der Waals surface area contributed by atoms with Gasteiger partial charge in [0.25, 0.3) is 5.91 Å². The van der Waals surface area contributed by atoms with Gasteiger partial charge in [0.1, 0.15) is 12.1 Å². The van der Waals surface area contributed by atoms with Crippen LogP contribution in [0.25, 0.3) is 5.82 Å². The van der Waals surface area contributed by atoms with Gasteiger partial charge >= 0.3 is 0 Å². The summed E-state index contributed by atoms with van der Waals surface area (Å²) >= 11 is 0. The highest BCUT2D eigenvalue weighted by molar-refractivity contribution is 5.92. The van der Waals surface area contributed by atoms with Crippen molar-refractivity contribution in [3.05, 3.63) is 54.2 Å². The molecule has 134 valence electrons. The van der Waals surface area contributed by atoms with Gasteiger partial charge in [0.15, 0.2) is 17.4 Å². The van der Waals surface area contributed by atoms with E-state index in [1.165, 1.54) is 6.26 Å². The summed E-state index contributed by atoms with van der Waals surface area (Å²) in [6, 6.07) is -0.111. The first-order valence-corrected chi connectivity index (χ1v) is 8.75. The van der Waals surface area contributed by atoms with E-state index in [1.54, 1.807) is 30.4 Å². The number of nitrogens with zero attached hydrogens (tertiary/aromatic N) is 6. The van der Waals surface area contributed by atoms with Crippen molar-refractivity contribution >= 4 is 5.91 Å². The number of imidazole rings is 1. The molecule has 8 nitrogen and oxygen atoms in total. The van der Waals surface area contributed by atoms with Gasteiger partial charge in [-0.2, -0.15) is 0 Å². The van der Waals surface area contributed by atoms with Gasteiger partial charge < -0.3 is 9.32 Å². The molecule has 0 spiro atoms. The largest absolute Gasteiger partial charge is 0.448 e. The SMILES string of the molecule is CCc1nccn1-c1cncc([C@@H]2CCCN2C(=O)c2coc(C)n2)n1. The lowest BCUT2D eigenvalue weighted by Gasteiger charge is -2.23. The summed E-state index contributed by atoms with van der Waals surface area (Å²) in [5.74, 6) is 1.99. The van der Waals surface area contributed by atoms with Crippen molar-refractivity contribution in [1.29, 1.82) is 0 Å². The Balaban J connectivity index is 1.64. The predicted octanol–water partition coefficient (Wildman–Crippen LogP) is 2.50. The molecule has 0 N–H and O–H groups in total. The zero-order valence-electron chi connectivity index (χ0n) is 14.8. The first-order chi connectivity index (χ1) is 12.7. The van der Waals surface area contributed by atoms with Crippen molar-refractivity contribution in [2.45, 2.75) is 39.2 Å². The van der Waals surface area contributed by atoms with Crippen LogP contribution >= 0.6 is 0 Å². The van der Waals surface area contributed by atoms with E-state index in [0.717, 1.165) is 30.8 Å². The average molecular weight is 352 g/mol. The average Bonchev–Trinajstić information content (AvgIpc) is 3.41. The van der Waals surface area contributed by atoms with Gasteiger partial charge in [-0.15, -0.1) is 0 Å². The summed E-state index contributed by atoms with van der Waals surface area (Å²) < 4.78 is 7.11. The molecule has 1 aliphatic rings. The molecule has 3 aromatic heterocycles. The van der Waals surface area contributed by atoms with Gasteiger partial charge in [0, 0.05) is 32.3 Å². The number of amides is 1. The number of hydrogen-bond donors (Lipinski definition) is 0. The van der Waals surface area contributed by atoms with Crippen LogP contribution in [0.2, 0.25) is 0 Å². The second-order valence-corrected chi connectivity index (χ2v) is 6.28. The van der Waals surface area contributed by atoms with E-state index in [2.05, 4.69) is 15.0 Å². The van der Waals surface area contributed by atoms with E-state index in [-0.39, 0.29) is 11.9 Å². The molecule has 1 fully saturated rings. The number of carbonyl (C=O) groups excluding carboxylic acids is 1. The molecule has 0 saturated carbocycles. The minimum atomic E-state index is -0.131. The Kier molecular flexibility index (Phi) is 4.24. The molecule has 1 atom stereocenters. The summed E-state index contributed by atoms with van der Waals surface area (Å²) in [5.41, 5.74) is 1.12. The lowest BCUT2D eigenvalue weighted by atomic mass is 10.1. The molecule has 0 radical (unpaired) electrons. The molecule has 1 amide bonds. The zero-order valence-corrected chi connectivity index (χ0v) is 14.8. The number of hydrogen-bond acceptors (Lipinski definition) is 6. The van der Waals surface area contributed by atoms with Crippen LogP contribution in [0.1, 0.15) is 53.7 Å². The van der Waals surface area contributed by atoms with Gasteiger partial charge in [-0.3, -0.25) is 14.3 Å². The van der Waals surface area contributed by atoms with Gasteiger partial charge in [-0.05, 0) is 12.8 Å². The Morgan fingerprint density at radius 2 is 2.23 bits per heavy atom. The van der Waals surface area contributed by atoms with Gasteiger partial charge in [-0.1, -0.05) is 6.92 Å². The summed E-state index contributed by atoms with van der Waals surface area (Å²) in [6.45, 7) is 4.45. The van der Waals surface area contributed by atoms with Crippen LogP contribution in [0, 0.1) is 6.92 Å². The topological polar surface area (TPSA) is 89.9 Å². The maximum absolute atomic E-state index is 12.8. The minimum Gasteiger partial charge on any atom is -0.448 e. The third kappa shape index (κ3) is 2.87. The second kappa shape index (κ2) is 6.70.